The largest absolute Gasteiger partial charge is 0.0876 e. The SMILES string of the molecule is BrCc1cccc(Sc2c(Sc3ccccc3)c(Sc3ccccc3)c(Sc3cccc(CBr)c3)c(Sc3ccccc3)c2Sc2ccccc2)c1. The number of hydrogen-bond donors (Lipinski definition) is 0. The first-order chi connectivity index (χ1) is 25.7. The third kappa shape index (κ3) is 10.0. The van der Waals surface area contributed by atoms with Gasteiger partial charge in [0.2, 0.25) is 0 Å². The highest BCUT2D eigenvalue weighted by atomic mass is 79.9. The lowest BCUT2D eigenvalue weighted by Gasteiger charge is -2.25. The van der Waals surface area contributed by atoms with Gasteiger partial charge in [0.15, 0.2) is 0 Å². The van der Waals surface area contributed by atoms with E-state index in [2.05, 4.69) is 202 Å². The molecule has 7 aromatic rings. The van der Waals surface area contributed by atoms with E-state index in [9.17, 15) is 0 Å². The van der Waals surface area contributed by atoms with Crippen LogP contribution in [0.15, 0.2) is 229 Å². The molecule has 0 radical (unpaired) electrons. The molecule has 0 N–H and O–H groups in total. The van der Waals surface area contributed by atoms with E-state index in [0.29, 0.717) is 0 Å². The van der Waals surface area contributed by atoms with Crippen LogP contribution < -0.4 is 0 Å². The summed E-state index contributed by atoms with van der Waals surface area (Å²) in [6.45, 7) is 0. The van der Waals surface area contributed by atoms with Gasteiger partial charge in [0, 0.05) is 69.4 Å². The van der Waals surface area contributed by atoms with Gasteiger partial charge in [-0.2, -0.15) is 0 Å². The minimum absolute atomic E-state index is 0.811. The zero-order chi connectivity index (χ0) is 35.5. The molecule has 0 aliphatic heterocycles. The number of benzene rings is 7. The normalized spacial score (nSPS) is 11.1. The van der Waals surface area contributed by atoms with Crippen molar-refractivity contribution in [1.82, 2.24) is 0 Å². The van der Waals surface area contributed by atoms with Gasteiger partial charge in [-0.05, 0) is 83.9 Å². The fourth-order valence-corrected chi connectivity index (χ4v) is 13.4. The van der Waals surface area contributed by atoms with Crippen molar-refractivity contribution < 1.29 is 0 Å². The smallest absolute Gasteiger partial charge is 0.0425 e. The summed E-state index contributed by atoms with van der Waals surface area (Å²) < 4.78 is 0. The van der Waals surface area contributed by atoms with Gasteiger partial charge >= 0.3 is 0 Å². The average molecular weight is 913 g/mol. The minimum atomic E-state index is 0.811. The molecule has 0 bridgehead atoms. The van der Waals surface area contributed by atoms with Crippen molar-refractivity contribution in [3.63, 3.8) is 0 Å². The molecule has 258 valence electrons. The molecule has 0 saturated carbocycles. The highest BCUT2D eigenvalue weighted by Gasteiger charge is 2.28. The molecule has 0 aromatic heterocycles. The van der Waals surface area contributed by atoms with Gasteiger partial charge in [-0.15, -0.1) is 0 Å². The maximum Gasteiger partial charge on any atom is 0.0425 e. The summed E-state index contributed by atoms with van der Waals surface area (Å²) in [5, 5.41) is 1.62. The fourth-order valence-electron chi connectivity index (χ4n) is 5.22. The van der Waals surface area contributed by atoms with E-state index in [1.807, 2.05) is 70.6 Å². The van der Waals surface area contributed by atoms with Gasteiger partial charge in [0.05, 0.1) is 0 Å². The van der Waals surface area contributed by atoms with E-state index < -0.39 is 0 Å². The quantitative estimate of drug-likeness (QED) is 0.0990. The van der Waals surface area contributed by atoms with E-state index in [0.717, 1.165) is 10.7 Å². The van der Waals surface area contributed by atoms with Crippen LogP contribution in [-0.2, 0) is 10.7 Å². The highest BCUT2D eigenvalue weighted by Crippen LogP contribution is 2.59. The number of hydrogen-bond acceptors (Lipinski definition) is 6. The molecule has 0 spiro atoms. The number of rotatable bonds is 14. The summed E-state index contributed by atoms with van der Waals surface area (Å²) in [7, 11) is 0. The lowest BCUT2D eigenvalue weighted by atomic mass is 10.2. The maximum absolute atomic E-state index is 3.71. The molecule has 52 heavy (non-hydrogen) atoms. The molecule has 8 heteroatoms. The third-order valence-corrected chi connectivity index (χ3v) is 16.4. The van der Waals surface area contributed by atoms with Crippen LogP contribution >= 0.6 is 102 Å². The summed E-state index contributed by atoms with van der Waals surface area (Å²) >= 11 is 18.6. The van der Waals surface area contributed by atoms with Crippen LogP contribution in [0.5, 0.6) is 0 Å². The molecule has 0 heterocycles. The summed E-state index contributed by atoms with van der Waals surface area (Å²) in [5.41, 5.74) is 2.52. The summed E-state index contributed by atoms with van der Waals surface area (Å²) in [6.07, 6.45) is 0. The highest BCUT2D eigenvalue weighted by molar-refractivity contribution is 9.08. The summed E-state index contributed by atoms with van der Waals surface area (Å²) in [6, 6.07) is 61.1. The van der Waals surface area contributed by atoms with Crippen LogP contribution in [0.2, 0.25) is 0 Å². The predicted octanol–water partition coefficient (Wildman–Crippen LogP) is 16.4. The van der Waals surface area contributed by atoms with Gasteiger partial charge in [-0.1, -0.05) is 199 Å². The molecule has 0 unspecified atom stereocenters. The van der Waals surface area contributed by atoms with E-state index in [-0.39, 0.29) is 0 Å². The Balaban J connectivity index is 1.57. The standard InChI is InChI=1S/C44H32Br2S6/c45-29-31-15-13-25-37(27-31)51-43-39(47-33-17-5-1-6-18-33)40(48-34-19-7-2-8-20-34)44(52-38-26-14-16-32(28-38)30-46)42(50-36-23-11-4-12-24-36)41(43)49-35-21-9-3-10-22-35/h1-28H,29-30H2. The molecular weight excluding hydrogens is 881 g/mol. The topological polar surface area (TPSA) is 0 Å². The monoisotopic (exact) mass is 910 g/mol. The van der Waals surface area contributed by atoms with Crippen molar-refractivity contribution in [2.75, 3.05) is 0 Å². The number of halogens is 2. The molecule has 7 aromatic carbocycles. The molecule has 0 aliphatic carbocycles. The van der Waals surface area contributed by atoms with Gasteiger partial charge < -0.3 is 0 Å². The number of alkyl halides is 2. The summed E-state index contributed by atoms with van der Waals surface area (Å²) in [5.74, 6) is 0. The van der Waals surface area contributed by atoms with Gasteiger partial charge in [-0.3, -0.25) is 0 Å². The van der Waals surface area contributed by atoms with E-state index in [4.69, 9.17) is 0 Å². The molecular formula is C44H32Br2S6. The third-order valence-electron chi connectivity index (χ3n) is 7.64. The minimum Gasteiger partial charge on any atom is -0.0876 e. The van der Waals surface area contributed by atoms with Crippen molar-refractivity contribution in [2.45, 2.75) is 69.4 Å². The Morgan fingerprint density at radius 3 is 0.750 bits per heavy atom. The first-order valence-corrected chi connectivity index (χ1v) is 23.6. The lowest BCUT2D eigenvalue weighted by Crippen LogP contribution is -1.97. The molecule has 0 fully saturated rings. The zero-order valence-electron chi connectivity index (χ0n) is 27.8. The molecule has 7 rings (SSSR count). The van der Waals surface area contributed by atoms with Crippen LogP contribution in [0.1, 0.15) is 11.1 Å². The molecule has 0 atom stereocenters. The zero-order valence-corrected chi connectivity index (χ0v) is 35.9. The van der Waals surface area contributed by atoms with E-state index in [1.54, 1.807) is 0 Å². The maximum atomic E-state index is 3.71. The van der Waals surface area contributed by atoms with Crippen LogP contribution in [0, 0.1) is 0 Å². The fraction of sp³-hybridized carbons (Fsp3) is 0.0455. The van der Waals surface area contributed by atoms with Crippen LogP contribution in [0.25, 0.3) is 0 Å². The average Bonchev–Trinajstić information content (AvgIpc) is 3.20. The van der Waals surface area contributed by atoms with Crippen LogP contribution in [0.4, 0.5) is 0 Å². The Bertz CT molecular complexity index is 1950. The second kappa shape index (κ2) is 19.3. The Morgan fingerprint density at radius 1 is 0.269 bits per heavy atom. The first-order valence-electron chi connectivity index (χ1n) is 16.5. The van der Waals surface area contributed by atoms with Crippen molar-refractivity contribution in [1.29, 1.82) is 0 Å². The second-order valence-electron chi connectivity index (χ2n) is 11.4. The van der Waals surface area contributed by atoms with Crippen LogP contribution in [0.3, 0.4) is 0 Å². The van der Waals surface area contributed by atoms with Crippen molar-refractivity contribution in [2.24, 2.45) is 0 Å². The second-order valence-corrected chi connectivity index (χ2v) is 19.0. The predicted molar refractivity (Wildman–Crippen MR) is 235 cm³/mol. The first kappa shape index (κ1) is 37.9. The van der Waals surface area contributed by atoms with E-state index >= 15 is 0 Å². The van der Waals surface area contributed by atoms with Crippen LogP contribution in [-0.4, -0.2) is 0 Å². The Labute approximate surface area is 349 Å². The molecule has 0 nitrogen and oxygen atoms in total. The molecule has 0 saturated heterocycles. The Kier molecular flexibility index (Phi) is 14.0. The lowest BCUT2D eigenvalue weighted by molar-refractivity contribution is 0.871. The van der Waals surface area contributed by atoms with Crippen molar-refractivity contribution >= 4 is 102 Å². The Morgan fingerprint density at radius 2 is 0.500 bits per heavy atom. The van der Waals surface area contributed by atoms with Crippen molar-refractivity contribution in [3.05, 3.63) is 181 Å². The van der Waals surface area contributed by atoms with E-state index in [1.165, 1.54) is 69.9 Å². The van der Waals surface area contributed by atoms with Crippen molar-refractivity contribution in [3.8, 4) is 0 Å². The van der Waals surface area contributed by atoms with Gasteiger partial charge in [-0.25, -0.2) is 0 Å². The molecule has 0 aliphatic rings. The van der Waals surface area contributed by atoms with Gasteiger partial charge in [0.25, 0.3) is 0 Å². The van der Waals surface area contributed by atoms with Gasteiger partial charge in [0.1, 0.15) is 0 Å². The molecule has 0 amide bonds. The Hall–Kier alpha value is -2.40. The summed E-state index contributed by atoms with van der Waals surface area (Å²) in [4.78, 5) is 14.9.